The van der Waals surface area contributed by atoms with Gasteiger partial charge < -0.3 is 24.8 Å². The lowest BCUT2D eigenvalue weighted by Crippen LogP contribution is -2.25. The van der Waals surface area contributed by atoms with Crippen molar-refractivity contribution < 1.29 is 28.6 Å². The fourth-order valence-corrected chi connectivity index (χ4v) is 4.08. The van der Waals surface area contributed by atoms with Gasteiger partial charge in [0.2, 0.25) is 0 Å². The van der Waals surface area contributed by atoms with Crippen LogP contribution in [0.2, 0.25) is 0 Å². The molecule has 0 radical (unpaired) electrons. The second-order valence-electron chi connectivity index (χ2n) is 7.93. The van der Waals surface area contributed by atoms with E-state index in [4.69, 9.17) is 14.2 Å². The third-order valence-corrected chi connectivity index (χ3v) is 6.13. The summed E-state index contributed by atoms with van der Waals surface area (Å²) in [6, 6.07) is 12.3. The van der Waals surface area contributed by atoms with Crippen LogP contribution in [0.4, 0.5) is 5.69 Å². The summed E-state index contributed by atoms with van der Waals surface area (Å²) >= 11 is 1.39. The van der Waals surface area contributed by atoms with Crippen LogP contribution in [0.5, 0.6) is 11.5 Å². The number of anilines is 1. The predicted molar refractivity (Wildman–Crippen MR) is 131 cm³/mol. The summed E-state index contributed by atoms with van der Waals surface area (Å²) in [5, 5.41) is 8.03. The highest BCUT2D eigenvalue weighted by Gasteiger charge is 2.24. The largest absolute Gasteiger partial charge is 0.493 e. The zero-order valence-corrected chi connectivity index (χ0v) is 20.1. The quantitative estimate of drug-likeness (QED) is 0.414. The van der Waals surface area contributed by atoms with Crippen LogP contribution in [-0.2, 0) is 20.7 Å². The number of carbonyl (C=O) groups excluding carboxylic acids is 3. The molecule has 0 spiro atoms. The third-order valence-electron chi connectivity index (χ3n) is 5.19. The summed E-state index contributed by atoms with van der Waals surface area (Å²) in [5.74, 6) is -0.0422. The Morgan fingerprint density at radius 2 is 1.86 bits per heavy atom. The first-order valence-electron chi connectivity index (χ1n) is 11.0. The zero-order valence-electron chi connectivity index (χ0n) is 19.3. The summed E-state index contributed by atoms with van der Waals surface area (Å²) in [6.45, 7) is -0.440. The number of thiazole rings is 1. The Hall–Kier alpha value is -3.92. The minimum atomic E-state index is -0.568. The second kappa shape index (κ2) is 11.0. The minimum absolute atomic E-state index is 0.0616. The van der Waals surface area contributed by atoms with Gasteiger partial charge in [-0.1, -0.05) is 6.07 Å². The molecule has 182 valence electrons. The van der Waals surface area contributed by atoms with Gasteiger partial charge in [0.1, 0.15) is 5.01 Å². The fourth-order valence-electron chi connectivity index (χ4n) is 3.27. The normalized spacial score (nSPS) is 12.5. The van der Waals surface area contributed by atoms with Crippen molar-refractivity contribution in [2.75, 3.05) is 26.1 Å². The molecule has 0 unspecified atom stereocenters. The lowest BCUT2D eigenvalue weighted by molar-refractivity contribution is -0.146. The van der Waals surface area contributed by atoms with Gasteiger partial charge in [0.05, 0.1) is 26.3 Å². The number of ether oxygens (including phenoxy) is 3. The number of nitrogens with one attached hydrogen (secondary N) is 2. The van der Waals surface area contributed by atoms with Crippen molar-refractivity contribution >= 4 is 34.8 Å². The molecule has 1 heterocycles. The molecule has 0 bridgehead atoms. The number of hydrogen-bond donors (Lipinski definition) is 2. The van der Waals surface area contributed by atoms with Crippen LogP contribution < -0.4 is 20.1 Å². The monoisotopic (exact) mass is 495 g/mol. The van der Waals surface area contributed by atoms with E-state index in [1.807, 2.05) is 12.1 Å². The number of hydrogen-bond acceptors (Lipinski definition) is 8. The predicted octanol–water partition coefficient (Wildman–Crippen LogP) is 3.44. The Balaban J connectivity index is 1.27. The van der Waals surface area contributed by atoms with Crippen molar-refractivity contribution in [3.05, 3.63) is 59.1 Å². The Bertz CT molecular complexity index is 1240. The minimum Gasteiger partial charge on any atom is -0.493 e. The van der Waals surface area contributed by atoms with Gasteiger partial charge in [-0.3, -0.25) is 14.4 Å². The maximum absolute atomic E-state index is 12.2. The second-order valence-corrected chi connectivity index (χ2v) is 8.79. The van der Waals surface area contributed by atoms with E-state index < -0.39 is 18.5 Å². The van der Waals surface area contributed by atoms with Crippen molar-refractivity contribution in [3.63, 3.8) is 0 Å². The number of nitrogens with zero attached hydrogens (tertiary/aromatic N) is 1. The summed E-state index contributed by atoms with van der Waals surface area (Å²) in [7, 11) is 3.13. The highest BCUT2D eigenvalue weighted by Crippen LogP contribution is 2.33. The maximum Gasteiger partial charge on any atom is 0.312 e. The molecule has 1 fully saturated rings. The summed E-state index contributed by atoms with van der Waals surface area (Å²) in [6.07, 6.45) is 1.92. The molecule has 1 aliphatic carbocycles. The highest BCUT2D eigenvalue weighted by molar-refractivity contribution is 7.13. The standard InChI is InChI=1S/C25H25N3O6S/c1-32-20-9-6-16(11-21(20)33-2)25-28-19(14-35-25)12-23(30)34-13-22(29)26-18-5-3-4-15(10-18)24(31)27-17-7-8-17/h3-6,9-11,14,17H,7-8,12-13H2,1-2H3,(H,26,29)(H,27,31). The van der Waals surface area contributed by atoms with Crippen molar-refractivity contribution in [3.8, 4) is 22.1 Å². The van der Waals surface area contributed by atoms with Gasteiger partial charge in [-0.15, -0.1) is 11.3 Å². The molecular weight excluding hydrogens is 470 g/mol. The molecule has 10 heteroatoms. The van der Waals surface area contributed by atoms with Gasteiger partial charge in [-0.2, -0.15) is 0 Å². The van der Waals surface area contributed by atoms with Gasteiger partial charge in [0.25, 0.3) is 11.8 Å². The highest BCUT2D eigenvalue weighted by atomic mass is 32.1. The zero-order chi connectivity index (χ0) is 24.8. The van der Waals surface area contributed by atoms with Crippen LogP contribution in [0.1, 0.15) is 28.9 Å². The third kappa shape index (κ3) is 6.57. The number of carbonyl (C=O) groups is 3. The van der Waals surface area contributed by atoms with Crippen LogP contribution in [0.3, 0.4) is 0 Å². The lowest BCUT2D eigenvalue weighted by Gasteiger charge is -2.08. The molecule has 0 aliphatic heterocycles. The van der Waals surface area contributed by atoms with Gasteiger partial charge in [-0.25, -0.2) is 4.98 Å². The van der Waals surface area contributed by atoms with Gasteiger partial charge in [0.15, 0.2) is 18.1 Å². The molecular formula is C25H25N3O6S. The van der Waals surface area contributed by atoms with Crippen LogP contribution in [0.15, 0.2) is 47.8 Å². The average Bonchev–Trinajstić information content (AvgIpc) is 3.56. The molecule has 3 aromatic rings. The Morgan fingerprint density at radius 3 is 2.60 bits per heavy atom. The molecule has 9 nitrogen and oxygen atoms in total. The van der Waals surface area contributed by atoms with Crippen molar-refractivity contribution in [2.24, 2.45) is 0 Å². The van der Waals surface area contributed by atoms with Gasteiger partial charge >= 0.3 is 5.97 Å². The molecule has 4 rings (SSSR count). The lowest BCUT2D eigenvalue weighted by atomic mass is 10.2. The Kier molecular flexibility index (Phi) is 7.61. The Morgan fingerprint density at radius 1 is 1.06 bits per heavy atom. The van der Waals surface area contributed by atoms with E-state index in [-0.39, 0.29) is 18.4 Å². The van der Waals surface area contributed by atoms with E-state index in [9.17, 15) is 14.4 Å². The van der Waals surface area contributed by atoms with Crippen LogP contribution in [0, 0.1) is 0 Å². The van der Waals surface area contributed by atoms with E-state index in [1.54, 1.807) is 49.9 Å². The first-order chi connectivity index (χ1) is 16.9. The van der Waals surface area contributed by atoms with Crippen LogP contribution in [0.25, 0.3) is 10.6 Å². The van der Waals surface area contributed by atoms with E-state index in [0.717, 1.165) is 23.4 Å². The van der Waals surface area contributed by atoms with E-state index in [0.29, 0.717) is 28.4 Å². The number of benzene rings is 2. The van der Waals surface area contributed by atoms with Crippen molar-refractivity contribution in [1.82, 2.24) is 10.3 Å². The first-order valence-corrected chi connectivity index (χ1v) is 11.9. The smallest absolute Gasteiger partial charge is 0.312 e. The first kappa shape index (κ1) is 24.2. The SMILES string of the molecule is COc1ccc(-c2nc(CC(=O)OCC(=O)Nc3cccc(C(=O)NC4CC4)c3)cs2)cc1OC. The number of rotatable bonds is 10. The summed E-state index contributed by atoms with van der Waals surface area (Å²) in [5.41, 5.74) is 2.29. The number of esters is 1. The number of methoxy groups -OCH3 is 2. The van der Waals surface area contributed by atoms with Gasteiger partial charge in [-0.05, 0) is 49.2 Å². The molecule has 1 saturated carbocycles. The molecule has 0 saturated heterocycles. The topological polar surface area (TPSA) is 116 Å². The van der Waals surface area contributed by atoms with Crippen molar-refractivity contribution in [1.29, 1.82) is 0 Å². The summed E-state index contributed by atoms with van der Waals surface area (Å²) in [4.78, 5) is 41.1. The molecule has 2 N–H and O–H groups in total. The molecule has 1 aromatic heterocycles. The Labute approximate surface area is 206 Å². The van der Waals surface area contributed by atoms with Gasteiger partial charge in [0, 0.05) is 28.2 Å². The molecule has 0 atom stereocenters. The maximum atomic E-state index is 12.2. The summed E-state index contributed by atoms with van der Waals surface area (Å²) < 4.78 is 15.7. The van der Waals surface area contributed by atoms with Crippen LogP contribution in [-0.4, -0.2) is 49.6 Å². The average molecular weight is 496 g/mol. The van der Waals surface area contributed by atoms with E-state index >= 15 is 0 Å². The molecule has 1 aliphatic rings. The van der Waals surface area contributed by atoms with E-state index in [1.165, 1.54) is 11.3 Å². The van der Waals surface area contributed by atoms with Crippen LogP contribution >= 0.6 is 11.3 Å². The molecule has 2 aromatic carbocycles. The van der Waals surface area contributed by atoms with Crippen molar-refractivity contribution in [2.45, 2.75) is 25.3 Å². The molecule has 35 heavy (non-hydrogen) atoms. The molecule has 2 amide bonds. The number of amides is 2. The number of aromatic nitrogens is 1. The van der Waals surface area contributed by atoms with E-state index in [2.05, 4.69) is 15.6 Å². The fraction of sp³-hybridized carbons (Fsp3) is 0.280.